The third kappa shape index (κ3) is 4.31. The Morgan fingerprint density at radius 1 is 1.30 bits per heavy atom. The number of alkyl halides is 2. The summed E-state index contributed by atoms with van der Waals surface area (Å²) in [6.45, 7) is 1.65. The second-order valence-electron chi connectivity index (χ2n) is 4.32. The summed E-state index contributed by atoms with van der Waals surface area (Å²) in [5.74, 6) is -1.77. The van der Waals surface area contributed by atoms with E-state index in [9.17, 15) is 18.4 Å². The lowest BCUT2D eigenvalue weighted by Crippen LogP contribution is -2.30. The number of rotatable bonds is 6. The van der Waals surface area contributed by atoms with Gasteiger partial charge in [-0.15, -0.1) is 0 Å². The molecule has 1 aromatic heterocycles. The van der Waals surface area contributed by atoms with Gasteiger partial charge in [-0.25, -0.2) is 0 Å². The van der Waals surface area contributed by atoms with Crippen LogP contribution in [0.25, 0.3) is 11.4 Å². The lowest BCUT2D eigenvalue weighted by Gasteiger charge is -2.05. The Balaban J connectivity index is 2.01. The van der Waals surface area contributed by atoms with Crippen LogP contribution in [0.1, 0.15) is 29.6 Å². The number of carbonyl (C=O) groups is 2. The normalized spacial score (nSPS) is 10.6. The first-order chi connectivity index (χ1) is 11.0. The molecule has 0 bridgehead atoms. The number of nitrogens with one attached hydrogen (secondary N) is 1. The van der Waals surface area contributed by atoms with Gasteiger partial charge in [-0.3, -0.25) is 9.59 Å². The fraction of sp³-hybridized carbons (Fsp3) is 0.286. The van der Waals surface area contributed by atoms with E-state index in [0.717, 1.165) is 0 Å². The SMILES string of the molecule is CCOC(=O)CNC(=O)c1ccc(-c2noc(C(F)F)n2)cc1. The summed E-state index contributed by atoms with van der Waals surface area (Å²) in [6, 6.07) is 5.88. The third-order valence-electron chi connectivity index (χ3n) is 2.73. The van der Waals surface area contributed by atoms with Crippen LogP contribution in [-0.2, 0) is 9.53 Å². The van der Waals surface area contributed by atoms with Gasteiger partial charge in [0.05, 0.1) is 6.61 Å². The highest BCUT2D eigenvalue weighted by atomic mass is 19.3. The molecule has 23 heavy (non-hydrogen) atoms. The highest BCUT2D eigenvalue weighted by Crippen LogP contribution is 2.21. The van der Waals surface area contributed by atoms with E-state index < -0.39 is 24.2 Å². The fourth-order valence-electron chi connectivity index (χ4n) is 1.68. The van der Waals surface area contributed by atoms with E-state index >= 15 is 0 Å². The van der Waals surface area contributed by atoms with Crippen LogP contribution in [0.2, 0.25) is 0 Å². The number of esters is 1. The molecule has 1 aromatic carbocycles. The molecule has 9 heteroatoms. The van der Waals surface area contributed by atoms with Crippen molar-refractivity contribution in [1.82, 2.24) is 15.5 Å². The Hall–Kier alpha value is -2.84. The van der Waals surface area contributed by atoms with Gasteiger partial charge in [0, 0.05) is 11.1 Å². The molecule has 0 unspecified atom stereocenters. The van der Waals surface area contributed by atoms with Crippen molar-refractivity contribution >= 4 is 11.9 Å². The number of amides is 1. The van der Waals surface area contributed by atoms with Crippen LogP contribution in [0.4, 0.5) is 8.78 Å². The number of hydrogen-bond acceptors (Lipinski definition) is 6. The summed E-state index contributed by atoms with van der Waals surface area (Å²) in [5.41, 5.74) is 0.707. The number of aromatic nitrogens is 2. The molecule has 0 aliphatic heterocycles. The van der Waals surface area contributed by atoms with E-state index in [1.807, 2.05) is 0 Å². The average molecular weight is 325 g/mol. The predicted molar refractivity (Wildman–Crippen MR) is 73.7 cm³/mol. The number of hydrogen-bond donors (Lipinski definition) is 1. The van der Waals surface area contributed by atoms with E-state index in [1.165, 1.54) is 24.3 Å². The quantitative estimate of drug-likeness (QED) is 0.816. The standard InChI is InChI=1S/C14H13F2N3O4/c1-2-22-10(20)7-17-13(21)9-5-3-8(4-6-9)12-18-14(11(15)16)23-19-12/h3-6,11H,2,7H2,1H3,(H,17,21). The van der Waals surface area contributed by atoms with Crippen molar-refractivity contribution in [3.8, 4) is 11.4 Å². The maximum absolute atomic E-state index is 12.4. The summed E-state index contributed by atoms with van der Waals surface area (Å²) >= 11 is 0. The van der Waals surface area contributed by atoms with Crippen molar-refractivity contribution in [2.75, 3.05) is 13.2 Å². The summed E-state index contributed by atoms with van der Waals surface area (Å²) < 4.78 is 33.9. The van der Waals surface area contributed by atoms with Gasteiger partial charge in [0.15, 0.2) is 0 Å². The largest absolute Gasteiger partial charge is 0.465 e. The minimum atomic E-state index is -2.84. The molecule has 0 radical (unpaired) electrons. The Morgan fingerprint density at radius 3 is 2.57 bits per heavy atom. The monoisotopic (exact) mass is 325 g/mol. The number of ether oxygens (including phenoxy) is 1. The second kappa shape index (κ2) is 7.43. The van der Waals surface area contributed by atoms with E-state index in [4.69, 9.17) is 0 Å². The van der Waals surface area contributed by atoms with Crippen LogP contribution in [-0.4, -0.2) is 35.2 Å². The van der Waals surface area contributed by atoms with E-state index in [1.54, 1.807) is 6.92 Å². The van der Waals surface area contributed by atoms with Gasteiger partial charge in [-0.05, 0) is 19.1 Å². The molecule has 1 heterocycles. The summed E-state index contributed by atoms with van der Waals surface area (Å²) in [6.07, 6.45) is -2.84. The zero-order chi connectivity index (χ0) is 16.8. The van der Waals surface area contributed by atoms with Crippen LogP contribution >= 0.6 is 0 Å². The Kier molecular flexibility index (Phi) is 5.34. The van der Waals surface area contributed by atoms with Gasteiger partial charge in [-0.1, -0.05) is 17.3 Å². The summed E-state index contributed by atoms with van der Waals surface area (Å²) in [7, 11) is 0. The molecule has 0 aliphatic carbocycles. The number of carbonyl (C=O) groups excluding carboxylic acids is 2. The van der Waals surface area contributed by atoms with Gasteiger partial charge in [0.25, 0.3) is 11.8 Å². The second-order valence-corrected chi connectivity index (χ2v) is 4.32. The van der Waals surface area contributed by atoms with Gasteiger partial charge >= 0.3 is 12.4 Å². The molecule has 0 fully saturated rings. The lowest BCUT2D eigenvalue weighted by molar-refractivity contribution is -0.141. The number of halogens is 2. The molecule has 0 saturated heterocycles. The first-order valence-electron chi connectivity index (χ1n) is 6.67. The van der Waals surface area contributed by atoms with E-state index in [-0.39, 0.29) is 24.5 Å². The Morgan fingerprint density at radius 2 is 2.00 bits per heavy atom. The third-order valence-corrected chi connectivity index (χ3v) is 2.73. The van der Waals surface area contributed by atoms with Gasteiger partial charge < -0.3 is 14.6 Å². The highest BCUT2D eigenvalue weighted by Gasteiger charge is 2.17. The minimum absolute atomic E-state index is 0.00113. The Labute approximate surface area is 129 Å². The smallest absolute Gasteiger partial charge is 0.325 e. The van der Waals surface area contributed by atoms with Crippen molar-refractivity contribution < 1.29 is 27.6 Å². The molecule has 1 N–H and O–H groups in total. The van der Waals surface area contributed by atoms with Gasteiger partial charge in [0.2, 0.25) is 5.82 Å². The molecule has 0 atom stereocenters. The van der Waals surface area contributed by atoms with Gasteiger partial charge in [0.1, 0.15) is 6.54 Å². The predicted octanol–water partition coefficient (Wildman–Crippen LogP) is 1.97. The van der Waals surface area contributed by atoms with Crippen molar-refractivity contribution in [1.29, 1.82) is 0 Å². The van der Waals surface area contributed by atoms with Crippen molar-refractivity contribution in [2.45, 2.75) is 13.3 Å². The average Bonchev–Trinajstić information content (AvgIpc) is 3.03. The molecular formula is C14H13F2N3O4. The van der Waals surface area contributed by atoms with Crippen LogP contribution < -0.4 is 5.32 Å². The molecule has 7 nitrogen and oxygen atoms in total. The zero-order valence-corrected chi connectivity index (χ0v) is 12.1. The highest BCUT2D eigenvalue weighted by molar-refractivity contribution is 5.96. The van der Waals surface area contributed by atoms with Crippen molar-refractivity contribution in [3.63, 3.8) is 0 Å². The van der Waals surface area contributed by atoms with Crippen molar-refractivity contribution in [2.24, 2.45) is 0 Å². The summed E-state index contributed by atoms with van der Waals surface area (Å²) in [4.78, 5) is 26.5. The molecule has 0 saturated carbocycles. The molecule has 0 spiro atoms. The van der Waals surface area contributed by atoms with Crippen LogP contribution in [0.15, 0.2) is 28.8 Å². The molecular weight excluding hydrogens is 312 g/mol. The first-order valence-corrected chi connectivity index (χ1v) is 6.67. The Bertz CT molecular complexity index is 686. The van der Waals surface area contributed by atoms with Crippen LogP contribution in [0.5, 0.6) is 0 Å². The number of benzene rings is 1. The zero-order valence-electron chi connectivity index (χ0n) is 12.1. The topological polar surface area (TPSA) is 94.3 Å². The molecule has 2 rings (SSSR count). The van der Waals surface area contributed by atoms with Crippen LogP contribution in [0, 0.1) is 0 Å². The lowest BCUT2D eigenvalue weighted by atomic mass is 10.1. The molecule has 0 aliphatic rings. The summed E-state index contributed by atoms with van der Waals surface area (Å²) in [5, 5.41) is 5.83. The van der Waals surface area contributed by atoms with Crippen LogP contribution in [0.3, 0.4) is 0 Å². The number of nitrogens with zero attached hydrogens (tertiary/aromatic N) is 2. The molecule has 2 aromatic rings. The van der Waals surface area contributed by atoms with Crippen molar-refractivity contribution in [3.05, 3.63) is 35.7 Å². The molecule has 122 valence electrons. The maximum atomic E-state index is 12.4. The van der Waals surface area contributed by atoms with Gasteiger partial charge in [-0.2, -0.15) is 13.8 Å². The van der Waals surface area contributed by atoms with E-state index in [0.29, 0.717) is 5.56 Å². The minimum Gasteiger partial charge on any atom is -0.465 e. The van der Waals surface area contributed by atoms with E-state index in [2.05, 4.69) is 24.7 Å². The first kappa shape index (κ1) is 16.5. The maximum Gasteiger partial charge on any atom is 0.325 e. The fourth-order valence-corrected chi connectivity index (χ4v) is 1.68. The molecule has 1 amide bonds.